The van der Waals surface area contributed by atoms with Gasteiger partial charge in [-0.1, -0.05) is 41.5 Å². The van der Waals surface area contributed by atoms with Crippen LogP contribution in [0.5, 0.6) is 0 Å². The van der Waals surface area contributed by atoms with Gasteiger partial charge in [-0.05, 0) is 53.1 Å². The van der Waals surface area contributed by atoms with Gasteiger partial charge in [-0.25, -0.2) is 0 Å². The molecule has 0 bridgehead atoms. The molecule has 104 valence electrons. The number of hydrogen-bond acceptors (Lipinski definition) is 2. The summed E-state index contributed by atoms with van der Waals surface area (Å²) in [6.45, 7) is 14.3. The standard InChI is InChI=1S/C15H32S2/c1-13(2,3)9-15(11-16-7,12-17-8)10-14(4,5)6/h9-12H2,1-8H3. The Hall–Kier alpha value is 0.700. The van der Waals surface area contributed by atoms with Crippen LogP contribution in [0.15, 0.2) is 0 Å². The van der Waals surface area contributed by atoms with Crippen molar-refractivity contribution in [3.05, 3.63) is 0 Å². The molecule has 0 aliphatic rings. The summed E-state index contributed by atoms with van der Waals surface area (Å²) in [6, 6.07) is 0. The molecule has 0 atom stereocenters. The van der Waals surface area contributed by atoms with Crippen LogP contribution in [-0.2, 0) is 0 Å². The molecule has 0 saturated heterocycles. The van der Waals surface area contributed by atoms with Crippen LogP contribution in [0.3, 0.4) is 0 Å². The maximum Gasteiger partial charge on any atom is -0.000528 e. The molecule has 0 rings (SSSR count). The lowest BCUT2D eigenvalue weighted by Gasteiger charge is -2.42. The fourth-order valence-corrected chi connectivity index (χ4v) is 5.14. The summed E-state index contributed by atoms with van der Waals surface area (Å²) in [4.78, 5) is 0. The lowest BCUT2D eigenvalue weighted by Crippen LogP contribution is -2.36. The van der Waals surface area contributed by atoms with E-state index in [0.29, 0.717) is 16.2 Å². The predicted molar refractivity (Wildman–Crippen MR) is 87.3 cm³/mol. The Morgan fingerprint density at radius 1 is 0.647 bits per heavy atom. The van der Waals surface area contributed by atoms with Crippen LogP contribution in [0.2, 0.25) is 0 Å². The van der Waals surface area contributed by atoms with Gasteiger partial charge in [0.1, 0.15) is 0 Å². The van der Waals surface area contributed by atoms with E-state index in [-0.39, 0.29) is 0 Å². The quantitative estimate of drug-likeness (QED) is 0.622. The first-order valence-electron chi connectivity index (χ1n) is 6.52. The van der Waals surface area contributed by atoms with Crippen molar-refractivity contribution < 1.29 is 0 Å². The van der Waals surface area contributed by atoms with Gasteiger partial charge in [-0.3, -0.25) is 0 Å². The van der Waals surface area contributed by atoms with Crippen LogP contribution in [0, 0.1) is 16.2 Å². The van der Waals surface area contributed by atoms with E-state index < -0.39 is 0 Å². The fourth-order valence-electron chi connectivity index (χ4n) is 3.17. The smallest absolute Gasteiger partial charge is 0.000528 e. The molecule has 0 N–H and O–H groups in total. The zero-order valence-electron chi connectivity index (χ0n) is 13.1. The SMILES string of the molecule is CSCC(CSC)(CC(C)(C)C)CC(C)(C)C. The molecule has 0 radical (unpaired) electrons. The van der Waals surface area contributed by atoms with Crippen molar-refractivity contribution in [3.8, 4) is 0 Å². The Kier molecular flexibility index (Phi) is 7.02. The predicted octanol–water partition coefficient (Wildman–Crippen LogP) is 5.57. The molecule has 0 spiro atoms. The summed E-state index contributed by atoms with van der Waals surface area (Å²) < 4.78 is 0. The summed E-state index contributed by atoms with van der Waals surface area (Å²) in [6.07, 6.45) is 7.17. The molecular weight excluding hydrogens is 244 g/mol. The van der Waals surface area contributed by atoms with E-state index in [4.69, 9.17) is 0 Å². The first-order valence-corrected chi connectivity index (χ1v) is 9.30. The van der Waals surface area contributed by atoms with E-state index in [9.17, 15) is 0 Å². The minimum absolute atomic E-state index is 0.427. The van der Waals surface area contributed by atoms with Crippen molar-refractivity contribution >= 4 is 23.5 Å². The molecule has 0 aliphatic carbocycles. The minimum atomic E-state index is 0.427. The maximum atomic E-state index is 2.38. The van der Waals surface area contributed by atoms with E-state index >= 15 is 0 Å². The van der Waals surface area contributed by atoms with Gasteiger partial charge in [0.25, 0.3) is 0 Å². The van der Waals surface area contributed by atoms with E-state index in [1.165, 1.54) is 24.3 Å². The van der Waals surface area contributed by atoms with Gasteiger partial charge in [0.2, 0.25) is 0 Å². The first-order chi connectivity index (χ1) is 7.54. The van der Waals surface area contributed by atoms with Crippen molar-refractivity contribution in [3.63, 3.8) is 0 Å². The van der Waals surface area contributed by atoms with Crippen LogP contribution in [-0.4, -0.2) is 24.0 Å². The molecule has 0 saturated carbocycles. The third-order valence-electron chi connectivity index (χ3n) is 2.71. The summed E-state index contributed by atoms with van der Waals surface area (Å²) in [5.74, 6) is 2.59. The molecule has 0 heterocycles. The zero-order chi connectivity index (χ0) is 13.7. The second-order valence-electron chi connectivity index (χ2n) is 7.84. The van der Waals surface area contributed by atoms with Crippen molar-refractivity contribution in [2.75, 3.05) is 24.0 Å². The van der Waals surface area contributed by atoms with Crippen molar-refractivity contribution in [2.24, 2.45) is 16.2 Å². The number of thioether (sulfide) groups is 2. The molecule has 17 heavy (non-hydrogen) atoms. The summed E-state index contributed by atoms with van der Waals surface area (Å²) in [7, 11) is 0. The Morgan fingerprint density at radius 2 is 0.941 bits per heavy atom. The monoisotopic (exact) mass is 276 g/mol. The molecule has 0 aromatic heterocycles. The molecule has 0 nitrogen and oxygen atoms in total. The third kappa shape index (κ3) is 8.42. The van der Waals surface area contributed by atoms with Crippen LogP contribution < -0.4 is 0 Å². The van der Waals surface area contributed by atoms with E-state index in [1.807, 2.05) is 23.5 Å². The van der Waals surface area contributed by atoms with Gasteiger partial charge in [-0.2, -0.15) is 23.5 Å². The van der Waals surface area contributed by atoms with E-state index in [1.54, 1.807) is 0 Å². The van der Waals surface area contributed by atoms with Crippen LogP contribution in [0.4, 0.5) is 0 Å². The highest BCUT2D eigenvalue weighted by molar-refractivity contribution is 7.99. The lowest BCUT2D eigenvalue weighted by atomic mass is 9.68. The largest absolute Gasteiger partial charge is 0.165 e. The molecule has 0 amide bonds. The van der Waals surface area contributed by atoms with Crippen LogP contribution >= 0.6 is 23.5 Å². The maximum absolute atomic E-state index is 2.38. The van der Waals surface area contributed by atoms with Gasteiger partial charge in [0.15, 0.2) is 0 Å². The van der Waals surface area contributed by atoms with Crippen molar-refractivity contribution in [1.82, 2.24) is 0 Å². The number of hydrogen-bond donors (Lipinski definition) is 0. The second kappa shape index (κ2) is 6.75. The van der Waals surface area contributed by atoms with Crippen LogP contribution in [0.1, 0.15) is 54.4 Å². The highest BCUT2D eigenvalue weighted by Crippen LogP contribution is 2.45. The van der Waals surface area contributed by atoms with Gasteiger partial charge >= 0.3 is 0 Å². The molecule has 2 heteroatoms. The van der Waals surface area contributed by atoms with Gasteiger partial charge in [0, 0.05) is 0 Å². The number of rotatable bonds is 6. The van der Waals surface area contributed by atoms with Crippen molar-refractivity contribution in [1.29, 1.82) is 0 Å². The highest BCUT2D eigenvalue weighted by Gasteiger charge is 2.37. The Balaban J connectivity index is 4.97. The molecule has 0 aliphatic heterocycles. The normalized spacial score (nSPS) is 14.1. The first kappa shape index (κ1) is 17.7. The zero-order valence-corrected chi connectivity index (χ0v) is 14.8. The van der Waals surface area contributed by atoms with E-state index in [0.717, 1.165) is 0 Å². The average molecular weight is 277 g/mol. The summed E-state index contributed by atoms with van der Waals surface area (Å²) in [5, 5.41) is 0. The second-order valence-corrected chi connectivity index (χ2v) is 9.57. The average Bonchev–Trinajstić information content (AvgIpc) is 1.96. The minimum Gasteiger partial charge on any atom is -0.165 e. The Bertz CT molecular complexity index is 184. The van der Waals surface area contributed by atoms with Gasteiger partial charge in [0.05, 0.1) is 0 Å². The van der Waals surface area contributed by atoms with Crippen LogP contribution in [0.25, 0.3) is 0 Å². The van der Waals surface area contributed by atoms with Gasteiger partial charge < -0.3 is 0 Å². The van der Waals surface area contributed by atoms with Gasteiger partial charge in [-0.15, -0.1) is 0 Å². The summed E-state index contributed by atoms with van der Waals surface area (Å²) >= 11 is 4.03. The molecule has 0 aromatic rings. The molecule has 0 fully saturated rings. The fraction of sp³-hybridized carbons (Fsp3) is 1.00. The molecular formula is C15H32S2. The third-order valence-corrected chi connectivity index (χ3v) is 4.51. The molecule has 0 aromatic carbocycles. The summed E-state index contributed by atoms with van der Waals surface area (Å²) in [5.41, 5.74) is 1.35. The Labute approximate surface area is 118 Å². The Morgan fingerprint density at radius 3 is 1.12 bits per heavy atom. The lowest BCUT2D eigenvalue weighted by molar-refractivity contribution is 0.152. The molecule has 0 unspecified atom stereocenters. The highest BCUT2D eigenvalue weighted by atomic mass is 32.2. The topological polar surface area (TPSA) is 0 Å². The van der Waals surface area contributed by atoms with E-state index in [2.05, 4.69) is 54.1 Å². The van der Waals surface area contributed by atoms with Crippen molar-refractivity contribution in [2.45, 2.75) is 54.4 Å².